The van der Waals surface area contributed by atoms with E-state index >= 15 is 0 Å². The molecule has 0 amide bonds. The van der Waals surface area contributed by atoms with Gasteiger partial charge in [0, 0.05) is 19.4 Å². The molecule has 0 atom stereocenters. The van der Waals surface area contributed by atoms with E-state index in [-0.39, 0.29) is 0 Å². The molecule has 1 aliphatic rings. The third-order valence-electron chi connectivity index (χ3n) is 5.33. The number of aromatic nitrogens is 2. The zero-order valence-electron chi connectivity index (χ0n) is 16.5. The van der Waals surface area contributed by atoms with Crippen molar-refractivity contribution in [2.75, 3.05) is 0 Å². The molecule has 1 fully saturated rings. The SMILES string of the molecule is CCCCCCCC1CCCCCCCCCC1.Cn1ccnc1. The van der Waals surface area contributed by atoms with Crippen LogP contribution in [-0.2, 0) is 7.05 Å². The third kappa shape index (κ3) is 12.6. The van der Waals surface area contributed by atoms with Crippen molar-refractivity contribution in [3.63, 3.8) is 0 Å². The van der Waals surface area contributed by atoms with Crippen LogP contribution in [-0.4, -0.2) is 9.55 Å². The zero-order chi connectivity index (χ0) is 17.3. The normalized spacial score (nSPS) is 17.6. The standard InChI is InChI=1S/C18H36.C4H6N2/c1-2-3-4-9-12-15-18-16-13-10-7-5-6-8-11-14-17-18;1-6-3-2-5-4-6/h18H,2-17H2,1H3;2-4H,1H3. The molecule has 1 aromatic rings. The second kappa shape index (κ2) is 15.7. The summed E-state index contributed by atoms with van der Waals surface area (Å²) >= 11 is 0. The minimum absolute atomic E-state index is 1.07. The zero-order valence-corrected chi connectivity index (χ0v) is 16.5. The highest BCUT2D eigenvalue weighted by molar-refractivity contribution is 4.70. The summed E-state index contributed by atoms with van der Waals surface area (Å²) in [6, 6.07) is 0. The molecule has 1 saturated carbocycles. The van der Waals surface area contributed by atoms with E-state index in [2.05, 4.69) is 11.9 Å². The quantitative estimate of drug-likeness (QED) is 0.499. The second-order valence-corrected chi connectivity index (χ2v) is 7.70. The van der Waals surface area contributed by atoms with Crippen molar-refractivity contribution in [2.24, 2.45) is 13.0 Å². The lowest BCUT2D eigenvalue weighted by atomic mass is 9.90. The average molecular weight is 335 g/mol. The molecular formula is C22H42N2. The van der Waals surface area contributed by atoms with Crippen molar-refractivity contribution in [2.45, 2.75) is 110 Å². The molecule has 0 aromatic carbocycles. The Kier molecular flexibility index (Phi) is 13.9. The Morgan fingerprint density at radius 1 is 0.833 bits per heavy atom. The Bertz CT molecular complexity index is 333. The Morgan fingerprint density at radius 2 is 1.42 bits per heavy atom. The number of hydrogen-bond donors (Lipinski definition) is 0. The van der Waals surface area contributed by atoms with Crippen LogP contribution in [0.3, 0.4) is 0 Å². The van der Waals surface area contributed by atoms with E-state index in [0.717, 1.165) is 5.92 Å². The van der Waals surface area contributed by atoms with Gasteiger partial charge >= 0.3 is 0 Å². The highest BCUT2D eigenvalue weighted by Gasteiger charge is 2.09. The Labute approximate surface area is 151 Å². The van der Waals surface area contributed by atoms with Crippen molar-refractivity contribution in [1.82, 2.24) is 9.55 Å². The maximum absolute atomic E-state index is 3.78. The average Bonchev–Trinajstić information content (AvgIpc) is 3.04. The molecule has 2 nitrogen and oxygen atoms in total. The van der Waals surface area contributed by atoms with Crippen LogP contribution in [0.5, 0.6) is 0 Å². The molecular weight excluding hydrogens is 292 g/mol. The van der Waals surface area contributed by atoms with Gasteiger partial charge < -0.3 is 4.57 Å². The third-order valence-corrected chi connectivity index (χ3v) is 5.33. The lowest BCUT2D eigenvalue weighted by Crippen LogP contribution is -2.01. The van der Waals surface area contributed by atoms with E-state index in [4.69, 9.17) is 0 Å². The molecule has 0 spiro atoms. The van der Waals surface area contributed by atoms with Gasteiger partial charge in [-0.3, -0.25) is 0 Å². The number of nitrogens with zero attached hydrogens (tertiary/aromatic N) is 2. The second-order valence-electron chi connectivity index (χ2n) is 7.70. The van der Waals surface area contributed by atoms with Gasteiger partial charge in [-0.2, -0.15) is 0 Å². The summed E-state index contributed by atoms with van der Waals surface area (Å²) in [6.07, 6.45) is 29.3. The van der Waals surface area contributed by atoms with Crippen molar-refractivity contribution in [3.8, 4) is 0 Å². The molecule has 2 rings (SSSR count). The van der Waals surface area contributed by atoms with Gasteiger partial charge in [-0.1, -0.05) is 110 Å². The monoisotopic (exact) mass is 334 g/mol. The molecule has 24 heavy (non-hydrogen) atoms. The minimum Gasteiger partial charge on any atom is -0.341 e. The Balaban J connectivity index is 0.000000400. The number of imidazole rings is 1. The summed E-state index contributed by atoms with van der Waals surface area (Å²) in [5, 5.41) is 0. The van der Waals surface area contributed by atoms with Crippen LogP contribution >= 0.6 is 0 Å². The van der Waals surface area contributed by atoms with E-state index in [1.807, 2.05) is 17.8 Å². The maximum atomic E-state index is 3.78. The fourth-order valence-corrected chi connectivity index (χ4v) is 3.72. The molecule has 0 radical (unpaired) electrons. The van der Waals surface area contributed by atoms with Gasteiger partial charge in [0.15, 0.2) is 0 Å². The van der Waals surface area contributed by atoms with Gasteiger partial charge in [-0.25, -0.2) is 4.98 Å². The summed E-state index contributed by atoms with van der Waals surface area (Å²) in [6.45, 7) is 2.31. The number of aryl methyl sites for hydroxylation is 1. The predicted octanol–water partition coefficient (Wildman–Crippen LogP) is 7.30. The van der Waals surface area contributed by atoms with E-state index in [9.17, 15) is 0 Å². The summed E-state index contributed by atoms with van der Waals surface area (Å²) in [7, 11) is 1.94. The van der Waals surface area contributed by atoms with Gasteiger partial charge in [0.25, 0.3) is 0 Å². The molecule has 0 saturated heterocycles. The Hall–Kier alpha value is -0.790. The number of hydrogen-bond acceptors (Lipinski definition) is 1. The summed E-state index contributed by atoms with van der Waals surface area (Å²) in [5.41, 5.74) is 0. The van der Waals surface area contributed by atoms with Crippen LogP contribution in [0.25, 0.3) is 0 Å². The van der Waals surface area contributed by atoms with Gasteiger partial charge in [0.05, 0.1) is 6.33 Å². The van der Waals surface area contributed by atoms with E-state index in [1.54, 1.807) is 12.5 Å². The fraction of sp³-hybridized carbons (Fsp3) is 0.864. The first kappa shape index (κ1) is 21.3. The lowest BCUT2D eigenvalue weighted by Gasteiger charge is -2.16. The van der Waals surface area contributed by atoms with Crippen molar-refractivity contribution in [1.29, 1.82) is 0 Å². The van der Waals surface area contributed by atoms with Crippen LogP contribution in [0.4, 0.5) is 0 Å². The predicted molar refractivity (Wildman–Crippen MR) is 106 cm³/mol. The maximum Gasteiger partial charge on any atom is 0.0943 e. The van der Waals surface area contributed by atoms with Crippen LogP contribution in [0.1, 0.15) is 110 Å². The summed E-state index contributed by atoms with van der Waals surface area (Å²) < 4.78 is 1.89. The Morgan fingerprint density at radius 3 is 1.88 bits per heavy atom. The number of unbranched alkanes of at least 4 members (excludes halogenated alkanes) is 4. The molecule has 1 aromatic heterocycles. The molecule has 0 unspecified atom stereocenters. The van der Waals surface area contributed by atoms with Crippen LogP contribution in [0, 0.1) is 5.92 Å². The minimum atomic E-state index is 1.07. The summed E-state index contributed by atoms with van der Waals surface area (Å²) in [5.74, 6) is 1.07. The molecule has 0 bridgehead atoms. The van der Waals surface area contributed by atoms with E-state index in [1.165, 1.54) is 103 Å². The first-order valence-corrected chi connectivity index (χ1v) is 10.7. The number of rotatable bonds is 6. The smallest absolute Gasteiger partial charge is 0.0943 e. The topological polar surface area (TPSA) is 17.8 Å². The van der Waals surface area contributed by atoms with Crippen LogP contribution < -0.4 is 0 Å². The molecule has 140 valence electrons. The molecule has 0 aliphatic heterocycles. The van der Waals surface area contributed by atoms with Gasteiger partial charge in [-0.05, 0) is 5.92 Å². The first-order chi connectivity index (χ1) is 11.8. The summed E-state index contributed by atoms with van der Waals surface area (Å²) in [4.78, 5) is 3.78. The molecule has 1 aliphatic carbocycles. The van der Waals surface area contributed by atoms with Crippen LogP contribution in [0.15, 0.2) is 18.7 Å². The molecule has 2 heteroatoms. The van der Waals surface area contributed by atoms with Crippen LogP contribution in [0.2, 0.25) is 0 Å². The highest BCUT2D eigenvalue weighted by atomic mass is 15.0. The first-order valence-electron chi connectivity index (χ1n) is 10.7. The van der Waals surface area contributed by atoms with Crippen molar-refractivity contribution < 1.29 is 0 Å². The van der Waals surface area contributed by atoms with Crippen molar-refractivity contribution >= 4 is 0 Å². The lowest BCUT2D eigenvalue weighted by molar-refractivity contribution is 0.373. The van der Waals surface area contributed by atoms with Gasteiger partial charge in [0.1, 0.15) is 0 Å². The molecule has 0 N–H and O–H groups in total. The largest absolute Gasteiger partial charge is 0.341 e. The van der Waals surface area contributed by atoms with Crippen molar-refractivity contribution in [3.05, 3.63) is 18.7 Å². The highest BCUT2D eigenvalue weighted by Crippen LogP contribution is 2.25. The molecule has 1 heterocycles. The van der Waals surface area contributed by atoms with E-state index in [0.29, 0.717) is 0 Å². The van der Waals surface area contributed by atoms with Gasteiger partial charge in [-0.15, -0.1) is 0 Å². The fourth-order valence-electron chi connectivity index (χ4n) is 3.72. The van der Waals surface area contributed by atoms with E-state index < -0.39 is 0 Å². The van der Waals surface area contributed by atoms with Gasteiger partial charge in [0.2, 0.25) is 0 Å².